The molecule has 0 radical (unpaired) electrons. The van der Waals surface area contributed by atoms with Gasteiger partial charge in [-0.1, -0.05) is 24.3 Å². The van der Waals surface area contributed by atoms with Crippen molar-refractivity contribution in [2.24, 2.45) is 5.73 Å². The van der Waals surface area contributed by atoms with Gasteiger partial charge in [-0.25, -0.2) is 8.78 Å². The molecular formula is C23H27F2N3O. The Labute approximate surface area is 170 Å². The maximum absolute atomic E-state index is 14.8. The molecule has 1 saturated heterocycles. The highest BCUT2D eigenvalue weighted by molar-refractivity contribution is 5.77. The number of carbonyl (C=O) groups excluding carboxylic acids is 1. The molecule has 0 bridgehead atoms. The monoisotopic (exact) mass is 399 g/mol. The third kappa shape index (κ3) is 4.58. The van der Waals surface area contributed by atoms with Gasteiger partial charge in [-0.15, -0.1) is 0 Å². The van der Waals surface area contributed by atoms with Crippen LogP contribution in [0.3, 0.4) is 0 Å². The first-order valence-electron chi connectivity index (χ1n) is 10.3. The molecule has 2 aromatic carbocycles. The molecule has 0 aromatic heterocycles. The van der Waals surface area contributed by atoms with Crippen LogP contribution in [-0.2, 0) is 24.1 Å². The molecule has 2 aliphatic rings. The van der Waals surface area contributed by atoms with E-state index in [9.17, 15) is 13.6 Å². The molecule has 154 valence electrons. The summed E-state index contributed by atoms with van der Waals surface area (Å²) in [6, 6.07) is 12.6. The number of rotatable bonds is 6. The molecule has 2 N–H and O–H groups in total. The van der Waals surface area contributed by atoms with Crippen LogP contribution in [0.5, 0.6) is 0 Å². The number of primary amides is 1. The molecule has 0 saturated carbocycles. The molecule has 0 spiro atoms. The third-order valence-electron chi connectivity index (χ3n) is 6.11. The number of alkyl halides is 1. The average molecular weight is 399 g/mol. The van der Waals surface area contributed by atoms with Gasteiger partial charge in [-0.05, 0) is 54.2 Å². The Bertz CT molecular complexity index is 863. The number of benzene rings is 2. The van der Waals surface area contributed by atoms with Crippen molar-refractivity contribution in [2.45, 2.75) is 44.4 Å². The highest BCUT2D eigenvalue weighted by Gasteiger charge is 2.31. The van der Waals surface area contributed by atoms with Gasteiger partial charge in [0.15, 0.2) is 6.30 Å². The quantitative estimate of drug-likeness (QED) is 0.759. The summed E-state index contributed by atoms with van der Waals surface area (Å²) in [5.74, 6) is -0.618. The minimum absolute atomic E-state index is 0.256. The molecule has 1 amide bonds. The van der Waals surface area contributed by atoms with Crippen molar-refractivity contribution in [3.63, 3.8) is 0 Å². The largest absolute Gasteiger partial charge is 0.369 e. The van der Waals surface area contributed by atoms with E-state index in [1.807, 2.05) is 11.0 Å². The lowest BCUT2D eigenvalue weighted by atomic mass is 10.0. The molecule has 29 heavy (non-hydrogen) atoms. The molecule has 2 heterocycles. The third-order valence-corrected chi connectivity index (χ3v) is 6.11. The molecule has 6 heteroatoms. The van der Waals surface area contributed by atoms with Crippen LogP contribution < -0.4 is 10.6 Å². The number of halogens is 2. The second-order valence-corrected chi connectivity index (χ2v) is 8.08. The van der Waals surface area contributed by atoms with Gasteiger partial charge in [0.25, 0.3) is 0 Å². The number of piperidine rings is 1. The Balaban J connectivity index is 1.36. The fourth-order valence-electron chi connectivity index (χ4n) is 4.56. The highest BCUT2D eigenvalue weighted by atomic mass is 19.1. The van der Waals surface area contributed by atoms with Crippen LogP contribution in [0.25, 0.3) is 0 Å². The summed E-state index contributed by atoms with van der Waals surface area (Å²) in [7, 11) is 0. The molecule has 0 aliphatic carbocycles. The zero-order chi connectivity index (χ0) is 20.4. The Morgan fingerprint density at radius 3 is 2.45 bits per heavy atom. The minimum Gasteiger partial charge on any atom is -0.369 e. The van der Waals surface area contributed by atoms with Crippen molar-refractivity contribution in [1.29, 1.82) is 0 Å². The second kappa shape index (κ2) is 8.49. The van der Waals surface area contributed by atoms with E-state index in [1.54, 1.807) is 12.1 Å². The minimum atomic E-state index is -1.05. The van der Waals surface area contributed by atoms with Crippen molar-refractivity contribution in [3.8, 4) is 0 Å². The van der Waals surface area contributed by atoms with E-state index in [0.29, 0.717) is 19.1 Å². The first-order chi connectivity index (χ1) is 14.0. The van der Waals surface area contributed by atoms with Gasteiger partial charge in [-0.2, -0.15) is 0 Å². The topological polar surface area (TPSA) is 49.6 Å². The number of amides is 1. The predicted octanol–water partition coefficient (Wildman–Crippen LogP) is 3.22. The summed E-state index contributed by atoms with van der Waals surface area (Å²) in [6.07, 6.45) is 2.31. The van der Waals surface area contributed by atoms with Crippen LogP contribution in [0.2, 0.25) is 0 Å². The maximum Gasteiger partial charge on any atom is 0.221 e. The summed E-state index contributed by atoms with van der Waals surface area (Å²) in [5, 5.41) is 0. The molecule has 4 rings (SSSR count). The zero-order valence-corrected chi connectivity index (χ0v) is 16.5. The first kappa shape index (κ1) is 19.8. The van der Waals surface area contributed by atoms with E-state index < -0.39 is 6.30 Å². The van der Waals surface area contributed by atoms with E-state index >= 15 is 0 Å². The number of anilines is 1. The Morgan fingerprint density at radius 2 is 1.76 bits per heavy atom. The van der Waals surface area contributed by atoms with Crippen molar-refractivity contribution in [1.82, 2.24) is 4.90 Å². The van der Waals surface area contributed by atoms with Crippen LogP contribution in [0.1, 0.15) is 29.5 Å². The summed E-state index contributed by atoms with van der Waals surface area (Å²) >= 11 is 0. The smallest absolute Gasteiger partial charge is 0.221 e. The molecule has 1 unspecified atom stereocenters. The summed E-state index contributed by atoms with van der Waals surface area (Å²) in [6.45, 7) is 2.38. The number of nitrogens with zero attached hydrogens (tertiary/aromatic N) is 2. The summed E-state index contributed by atoms with van der Waals surface area (Å²) in [5.41, 5.74) is 9.61. The normalized spacial score (nSPS) is 18.6. The molecule has 4 nitrogen and oxygen atoms in total. The van der Waals surface area contributed by atoms with Crippen LogP contribution in [-0.4, -0.2) is 42.8 Å². The summed E-state index contributed by atoms with van der Waals surface area (Å²) in [4.78, 5) is 15.6. The fourth-order valence-corrected chi connectivity index (χ4v) is 4.56. The van der Waals surface area contributed by atoms with Crippen LogP contribution in [0.15, 0.2) is 42.5 Å². The number of hydrogen-bond acceptors (Lipinski definition) is 3. The van der Waals surface area contributed by atoms with Crippen LogP contribution >= 0.6 is 0 Å². The number of fused-ring (bicyclic) bond motifs is 1. The lowest BCUT2D eigenvalue weighted by Crippen LogP contribution is -2.47. The molecule has 2 aromatic rings. The van der Waals surface area contributed by atoms with Gasteiger partial charge in [0, 0.05) is 37.8 Å². The SMILES string of the molecule is NC(=O)Cc1ccc2c(c1)N(C1CCN(C(F)Cc3ccc(F)cc3)CC1)CC2. The van der Waals surface area contributed by atoms with Gasteiger partial charge >= 0.3 is 0 Å². The first-order valence-corrected chi connectivity index (χ1v) is 10.3. The lowest BCUT2D eigenvalue weighted by molar-refractivity contribution is -0.117. The molecule has 1 atom stereocenters. The average Bonchev–Trinajstić information content (AvgIpc) is 3.12. The highest BCUT2D eigenvalue weighted by Crippen LogP contribution is 2.34. The number of carbonyl (C=O) groups is 1. The van der Waals surface area contributed by atoms with Crippen molar-refractivity contribution < 1.29 is 13.6 Å². The lowest BCUT2D eigenvalue weighted by Gasteiger charge is -2.39. The second-order valence-electron chi connectivity index (χ2n) is 8.08. The van der Waals surface area contributed by atoms with Gasteiger partial charge in [0.1, 0.15) is 5.82 Å². The number of hydrogen-bond donors (Lipinski definition) is 1. The van der Waals surface area contributed by atoms with Gasteiger partial charge in [-0.3, -0.25) is 9.69 Å². The predicted molar refractivity (Wildman–Crippen MR) is 110 cm³/mol. The Hall–Kier alpha value is -2.47. The zero-order valence-electron chi connectivity index (χ0n) is 16.5. The standard InChI is InChI=1S/C23H27F2N3O/c24-19-5-2-16(3-6-19)14-22(25)27-10-8-20(9-11-27)28-12-7-18-4-1-17(13-21(18)28)15-23(26)29/h1-6,13,20,22H,7-12,14-15H2,(H2,26,29). The van der Waals surface area contributed by atoms with Gasteiger partial charge in [0.2, 0.25) is 5.91 Å². The number of likely N-dealkylation sites (tertiary alicyclic amines) is 1. The summed E-state index contributed by atoms with van der Waals surface area (Å²) < 4.78 is 27.8. The van der Waals surface area contributed by atoms with Gasteiger partial charge in [0.05, 0.1) is 6.42 Å². The molecule has 2 aliphatic heterocycles. The van der Waals surface area contributed by atoms with Crippen LogP contribution in [0, 0.1) is 5.82 Å². The molecular weight excluding hydrogens is 372 g/mol. The van der Waals surface area contributed by atoms with Crippen molar-refractivity contribution in [2.75, 3.05) is 24.5 Å². The van der Waals surface area contributed by atoms with E-state index in [0.717, 1.165) is 36.9 Å². The van der Waals surface area contributed by atoms with Crippen molar-refractivity contribution >= 4 is 11.6 Å². The van der Waals surface area contributed by atoms with E-state index in [2.05, 4.69) is 17.0 Å². The van der Waals surface area contributed by atoms with E-state index in [1.165, 1.54) is 23.4 Å². The Kier molecular flexibility index (Phi) is 5.81. The maximum atomic E-state index is 14.8. The van der Waals surface area contributed by atoms with Gasteiger partial charge < -0.3 is 10.6 Å². The van der Waals surface area contributed by atoms with E-state index in [-0.39, 0.29) is 24.6 Å². The molecule has 1 fully saturated rings. The Morgan fingerprint density at radius 1 is 1.07 bits per heavy atom. The number of nitrogens with two attached hydrogens (primary N) is 1. The fraction of sp³-hybridized carbons (Fsp3) is 0.435. The van der Waals surface area contributed by atoms with Crippen molar-refractivity contribution in [3.05, 3.63) is 65.0 Å². The van der Waals surface area contributed by atoms with Crippen LogP contribution in [0.4, 0.5) is 14.5 Å². The van der Waals surface area contributed by atoms with E-state index in [4.69, 9.17) is 5.73 Å².